The summed E-state index contributed by atoms with van der Waals surface area (Å²) in [5.74, 6) is -0.0442. The molecule has 2 aromatic rings. The number of nitrogens with zero attached hydrogens (tertiary/aromatic N) is 2. The molecule has 2 heterocycles. The van der Waals surface area contributed by atoms with Gasteiger partial charge < -0.3 is 15.2 Å². The van der Waals surface area contributed by atoms with Crippen LogP contribution in [0.4, 0.5) is 5.82 Å². The van der Waals surface area contributed by atoms with Crippen molar-refractivity contribution in [2.75, 3.05) is 24.8 Å². The van der Waals surface area contributed by atoms with Crippen LogP contribution in [0, 0.1) is 5.92 Å². The van der Waals surface area contributed by atoms with Gasteiger partial charge >= 0.3 is 0 Å². The Morgan fingerprint density at radius 2 is 1.94 bits per heavy atom. The molecule has 1 aliphatic heterocycles. The molecule has 1 amide bonds. The zero-order chi connectivity index (χ0) is 24.3. The zero-order valence-electron chi connectivity index (χ0n) is 19.2. The second-order valence-electron chi connectivity index (χ2n) is 9.32. The number of ether oxygens (including phenoxy) is 1. The van der Waals surface area contributed by atoms with Gasteiger partial charge in [-0.15, -0.1) is 0 Å². The van der Waals surface area contributed by atoms with Crippen LogP contribution in [0.2, 0.25) is 5.02 Å². The number of nitrogens with one attached hydrogen (secondary N) is 1. The van der Waals surface area contributed by atoms with E-state index in [2.05, 4.69) is 15.3 Å². The zero-order valence-corrected chi connectivity index (χ0v) is 20.7. The number of benzene rings is 1. The number of carbonyl (C=O) groups is 1. The van der Waals surface area contributed by atoms with E-state index in [9.17, 15) is 18.3 Å². The normalized spacial score (nSPS) is 19.6. The van der Waals surface area contributed by atoms with Crippen molar-refractivity contribution in [2.24, 2.45) is 5.92 Å². The van der Waals surface area contributed by atoms with Crippen LogP contribution in [0.5, 0.6) is 0 Å². The van der Waals surface area contributed by atoms with Crippen molar-refractivity contribution in [3.8, 4) is 0 Å². The first-order valence-corrected chi connectivity index (χ1v) is 13.9. The van der Waals surface area contributed by atoms with Crippen molar-refractivity contribution >= 4 is 33.2 Å². The fraction of sp³-hybridized carbons (Fsp3) is 0.542. The maximum absolute atomic E-state index is 13.3. The van der Waals surface area contributed by atoms with Crippen molar-refractivity contribution in [1.82, 2.24) is 9.97 Å². The molecular formula is C24H30ClN3O5S. The van der Waals surface area contributed by atoms with Gasteiger partial charge in [0.1, 0.15) is 5.60 Å². The summed E-state index contributed by atoms with van der Waals surface area (Å²) in [7, 11) is -3.46. The van der Waals surface area contributed by atoms with Gasteiger partial charge in [-0.05, 0) is 30.0 Å². The minimum atomic E-state index is -3.46. The van der Waals surface area contributed by atoms with Crippen LogP contribution < -0.4 is 5.32 Å². The molecule has 1 atom stereocenters. The molecule has 4 rings (SSSR count). The lowest BCUT2D eigenvalue weighted by atomic mass is 9.87. The number of rotatable bonds is 7. The highest BCUT2D eigenvalue weighted by molar-refractivity contribution is 7.90. The van der Waals surface area contributed by atoms with E-state index in [0.29, 0.717) is 55.5 Å². The molecule has 0 bridgehead atoms. The predicted octanol–water partition coefficient (Wildman–Crippen LogP) is 3.83. The van der Waals surface area contributed by atoms with E-state index >= 15 is 0 Å². The molecule has 1 aliphatic carbocycles. The second kappa shape index (κ2) is 10.3. The van der Waals surface area contributed by atoms with E-state index in [0.717, 1.165) is 31.9 Å². The molecule has 2 fully saturated rings. The Morgan fingerprint density at radius 3 is 2.53 bits per heavy atom. The molecule has 0 radical (unpaired) electrons. The number of aromatic nitrogens is 2. The molecule has 1 aromatic heterocycles. The number of sulfone groups is 1. The van der Waals surface area contributed by atoms with E-state index in [1.54, 1.807) is 12.1 Å². The van der Waals surface area contributed by atoms with Gasteiger partial charge in [0, 0.05) is 32.3 Å². The first kappa shape index (κ1) is 25.0. The molecular weight excluding hydrogens is 478 g/mol. The molecule has 184 valence electrons. The van der Waals surface area contributed by atoms with Crippen molar-refractivity contribution in [3.05, 3.63) is 46.9 Å². The number of halogens is 1. The molecule has 8 nitrogen and oxygen atoms in total. The summed E-state index contributed by atoms with van der Waals surface area (Å²) >= 11 is 6.28. The third kappa shape index (κ3) is 5.76. The number of carbonyl (C=O) groups excluding carboxylic acids is 1. The van der Waals surface area contributed by atoms with Gasteiger partial charge in [-0.25, -0.2) is 13.4 Å². The minimum Gasteiger partial charge on any atom is -0.383 e. The maximum Gasteiger partial charge on any atom is 0.233 e. The highest BCUT2D eigenvalue weighted by atomic mass is 35.5. The van der Waals surface area contributed by atoms with Gasteiger partial charge in [0.2, 0.25) is 5.91 Å². The molecule has 2 aliphatic rings. The summed E-state index contributed by atoms with van der Waals surface area (Å²) in [6.07, 6.45) is 10.0. The van der Waals surface area contributed by atoms with Crippen LogP contribution in [-0.2, 0) is 25.0 Å². The van der Waals surface area contributed by atoms with E-state index in [-0.39, 0.29) is 15.8 Å². The standard InChI is InChI=1S/C24H30ClN3O5S/c1-34(31,32)20-7-6-17(13-19(20)25)18(12-16-4-2-3-5-16)23(29)28-22-15-26-21(14-27-22)24(30)8-10-33-11-9-24/h6-7,13-16,18,30H,2-5,8-12H2,1H3,(H,27,28,29). The average molecular weight is 508 g/mol. The van der Waals surface area contributed by atoms with Gasteiger partial charge in [-0.1, -0.05) is 43.4 Å². The fourth-order valence-corrected chi connectivity index (χ4v) is 6.16. The first-order chi connectivity index (χ1) is 16.2. The molecule has 1 unspecified atom stereocenters. The summed E-state index contributed by atoms with van der Waals surface area (Å²) < 4.78 is 29.2. The van der Waals surface area contributed by atoms with E-state index in [1.165, 1.54) is 18.5 Å². The Labute approximate surface area is 205 Å². The quantitative estimate of drug-likeness (QED) is 0.584. The van der Waals surface area contributed by atoms with E-state index in [4.69, 9.17) is 16.3 Å². The highest BCUT2D eigenvalue weighted by Crippen LogP contribution is 2.36. The fourth-order valence-electron chi connectivity index (χ4n) is 4.82. The Hall–Kier alpha value is -2.07. The smallest absolute Gasteiger partial charge is 0.233 e. The number of hydrogen-bond acceptors (Lipinski definition) is 7. The summed E-state index contributed by atoms with van der Waals surface area (Å²) in [6.45, 7) is 0.917. The van der Waals surface area contributed by atoms with Crippen molar-refractivity contribution < 1.29 is 23.1 Å². The Balaban J connectivity index is 1.54. The molecule has 34 heavy (non-hydrogen) atoms. The summed E-state index contributed by atoms with van der Waals surface area (Å²) in [5.41, 5.74) is 0.0547. The molecule has 1 saturated carbocycles. The number of anilines is 1. The Bertz CT molecular complexity index is 1130. The van der Waals surface area contributed by atoms with Crippen LogP contribution in [0.1, 0.15) is 62.1 Å². The van der Waals surface area contributed by atoms with Crippen LogP contribution in [0.3, 0.4) is 0 Å². The van der Waals surface area contributed by atoms with Gasteiger partial charge in [0.25, 0.3) is 0 Å². The monoisotopic (exact) mass is 507 g/mol. The highest BCUT2D eigenvalue weighted by Gasteiger charge is 2.34. The third-order valence-electron chi connectivity index (χ3n) is 6.82. The third-order valence-corrected chi connectivity index (χ3v) is 8.40. The van der Waals surface area contributed by atoms with Crippen molar-refractivity contribution in [1.29, 1.82) is 0 Å². The molecule has 0 spiro atoms. The largest absolute Gasteiger partial charge is 0.383 e. The van der Waals surface area contributed by atoms with E-state index in [1.807, 2.05) is 0 Å². The summed E-state index contributed by atoms with van der Waals surface area (Å²) in [5, 5.41) is 13.7. The van der Waals surface area contributed by atoms with Gasteiger partial charge in [-0.2, -0.15) is 0 Å². The number of hydrogen-bond donors (Lipinski definition) is 2. The topological polar surface area (TPSA) is 118 Å². The Morgan fingerprint density at radius 1 is 1.24 bits per heavy atom. The molecule has 2 N–H and O–H groups in total. The summed E-state index contributed by atoms with van der Waals surface area (Å²) in [4.78, 5) is 22.0. The lowest BCUT2D eigenvalue weighted by molar-refractivity contribution is -0.118. The van der Waals surface area contributed by atoms with Crippen molar-refractivity contribution in [3.63, 3.8) is 0 Å². The van der Waals surface area contributed by atoms with E-state index < -0.39 is 21.4 Å². The Kier molecular flexibility index (Phi) is 7.57. The number of amides is 1. The van der Waals surface area contributed by atoms with Crippen LogP contribution in [0.25, 0.3) is 0 Å². The first-order valence-electron chi connectivity index (χ1n) is 11.6. The van der Waals surface area contributed by atoms with Crippen LogP contribution >= 0.6 is 11.6 Å². The lowest BCUT2D eigenvalue weighted by Gasteiger charge is -2.31. The average Bonchev–Trinajstić information content (AvgIpc) is 3.31. The second-order valence-corrected chi connectivity index (χ2v) is 11.7. The maximum atomic E-state index is 13.3. The molecule has 1 aromatic carbocycles. The summed E-state index contributed by atoms with van der Waals surface area (Å²) in [6, 6.07) is 4.70. The van der Waals surface area contributed by atoms with Crippen molar-refractivity contribution in [2.45, 2.75) is 61.4 Å². The van der Waals surface area contributed by atoms with Gasteiger partial charge in [-0.3, -0.25) is 9.78 Å². The molecule has 1 saturated heterocycles. The SMILES string of the molecule is CS(=O)(=O)c1ccc(C(CC2CCCC2)C(=O)Nc2cnc(C3(O)CCOCC3)cn2)cc1Cl. The van der Waals surface area contributed by atoms with Gasteiger partial charge in [0.15, 0.2) is 15.7 Å². The lowest BCUT2D eigenvalue weighted by Crippen LogP contribution is -2.34. The molecule has 10 heteroatoms. The van der Waals surface area contributed by atoms with Crippen LogP contribution in [0.15, 0.2) is 35.5 Å². The minimum absolute atomic E-state index is 0.0467. The van der Waals surface area contributed by atoms with Gasteiger partial charge in [0.05, 0.1) is 33.9 Å². The van der Waals surface area contributed by atoms with Crippen LogP contribution in [-0.4, -0.2) is 48.9 Å². The number of aliphatic hydroxyl groups is 1. The predicted molar refractivity (Wildman–Crippen MR) is 128 cm³/mol.